The van der Waals surface area contributed by atoms with E-state index in [0.29, 0.717) is 11.3 Å². The van der Waals surface area contributed by atoms with E-state index in [-0.39, 0.29) is 11.5 Å². The van der Waals surface area contributed by atoms with Crippen LogP contribution in [-0.2, 0) is 12.8 Å². The van der Waals surface area contributed by atoms with E-state index < -0.39 is 5.97 Å². The predicted molar refractivity (Wildman–Crippen MR) is 117 cm³/mol. The monoisotopic (exact) mass is 401 g/mol. The van der Waals surface area contributed by atoms with Gasteiger partial charge in [0, 0.05) is 15.5 Å². The summed E-state index contributed by atoms with van der Waals surface area (Å²) in [6.45, 7) is 0. The number of carboxylic acids is 1. The van der Waals surface area contributed by atoms with E-state index in [2.05, 4.69) is 17.4 Å². The molecule has 1 amide bonds. The molecule has 0 bridgehead atoms. The zero-order valence-electron chi connectivity index (χ0n) is 15.6. The molecule has 0 aliphatic rings. The van der Waals surface area contributed by atoms with E-state index in [1.54, 1.807) is 17.5 Å². The van der Waals surface area contributed by atoms with Crippen LogP contribution in [0.2, 0.25) is 0 Å². The third kappa shape index (κ3) is 4.20. The molecule has 5 heteroatoms. The van der Waals surface area contributed by atoms with Gasteiger partial charge in [-0.05, 0) is 42.2 Å². The summed E-state index contributed by atoms with van der Waals surface area (Å²) in [7, 11) is 0. The molecule has 0 atom stereocenters. The Morgan fingerprint density at radius 3 is 2.34 bits per heavy atom. The number of rotatable bonds is 6. The van der Waals surface area contributed by atoms with Crippen LogP contribution in [0.5, 0.6) is 0 Å². The summed E-state index contributed by atoms with van der Waals surface area (Å²) in [5.74, 6) is -1.37. The molecule has 0 spiro atoms. The zero-order chi connectivity index (χ0) is 20.2. The maximum absolute atomic E-state index is 12.9. The van der Waals surface area contributed by atoms with Gasteiger partial charge in [-0.2, -0.15) is 0 Å². The Bertz CT molecular complexity index is 1180. The molecule has 0 radical (unpaired) electrons. The molecule has 2 N–H and O–H groups in total. The highest BCUT2D eigenvalue weighted by Gasteiger charge is 2.17. The van der Waals surface area contributed by atoms with Gasteiger partial charge in [-0.15, -0.1) is 11.3 Å². The number of carbonyl (C=O) groups excluding carboxylic acids is 1. The maximum atomic E-state index is 12.9. The zero-order valence-corrected chi connectivity index (χ0v) is 16.4. The van der Waals surface area contributed by atoms with Crippen LogP contribution in [0, 0.1) is 0 Å². The van der Waals surface area contributed by atoms with Crippen molar-refractivity contribution in [1.82, 2.24) is 0 Å². The highest BCUT2D eigenvalue weighted by Crippen LogP contribution is 2.27. The van der Waals surface area contributed by atoms with Gasteiger partial charge >= 0.3 is 5.97 Å². The minimum Gasteiger partial charge on any atom is -0.478 e. The van der Waals surface area contributed by atoms with Crippen LogP contribution < -0.4 is 5.32 Å². The van der Waals surface area contributed by atoms with Crippen LogP contribution in [-0.4, -0.2) is 17.0 Å². The van der Waals surface area contributed by atoms with Crippen LogP contribution in [0.1, 0.15) is 31.8 Å². The molecule has 0 saturated heterocycles. The number of aryl methyl sites for hydroxylation is 2. The Balaban J connectivity index is 1.59. The standard InChI is InChI=1S/C24H19NO3S/c26-23(20-15-29-22-9-5-4-8-18(20)22)25-21-14-17(12-13-19(21)24(27)28)11-10-16-6-2-1-3-7-16/h1-9,12-15H,10-11H2,(H,25,26)(H,27,28). The number of benzene rings is 3. The van der Waals surface area contributed by atoms with Crippen molar-refractivity contribution in [2.75, 3.05) is 5.32 Å². The normalized spacial score (nSPS) is 10.8. The Morgan fingerprint density at radius 1 is 0.828 bits per heavy atom. The molecule has 1 heterocycles. The lowest BCUT2D eigenvalue weighted by Gasteiger charge is -2.11. The van der Waals surface area contributed by atoms with Crippen LogP contribution in [0.25, 0.3) is 10.1 Å². The van der Waals surface area contributed by atoms with Gasteiger partial charge in [-0.25, -0.2) is 4.79 Å². The number of hydrogen-bond donors (Lipinski definition) is 2. The molecule has 0 unspecified atom stereocenters. The minimum atomic E-state index is -1.06. The van der Waals surface area contributed by atoms with Gasteiger partial charge in [-0.1, -0.05) is 54.6 Å². The van der Waals surface area contributed by atoms with Crippen molar-refractivity contribution in [2.45, 2.75) is 12.8 Å². The first kappa shape index (κ1) is 18.9. The molecule has 4 rings (SSSR count). The molecule has 29 heavy (non-hydrogen) atoms. The second-order valence-corrected chi connectivity index (χ2v) is 7.68. The summed E-state index contributed by atoms with van der Waals surface area (Å²) >= 11 is 1.50. The van der Waals surface area contributed by atoms with Gasteiger partial charge in [0.25, 0.3) is 5.91 Å². The number of carboxylic acid groups (broad SMARTS) is 1. The van der Waals surface area contributed by atoms with Crippen LogP contribution in [0.15, 0.2) is 78.2 Å². The molecular weight excluding hydrogens is 382 g/mol. The summed E-state index contributed by atoms with van der Waals surface area (Å²) < 4.78 is 1.02. The van der Waals surface area contributed by atoms with Crippen LogP contribution in [0.3, 0.4) is 0 Å². The summed E-state index contributed by atoms with van der Waals surface area (Å²) in [6, 6.07) is 22.9. The van der Waals surface area contributed by atoms with Crippen molar-refractivity contribution in [3.8, 4) is 0 Å². The number of hydrogen-bond acceptors (Lipinski definition) is 3. The second-order valence-electron chi connectivity index (χ2n) is 6.77. The van der Waals surface area contributed by atoms with E-state index in [1.807, 2.05) is 48.5 Å². The lowest BCUT2D eigenvalue weighted by Crippen LogP contribution is -2.15. The number of fused-ring (bicyclic) bond motifs is 1. The van der Waals surface area contributed by atoms with Crippen molar-refractivity contribution >= 4 is 39.0 Å². The van der Waals surface area contributed by atoms with Crippen molar-refractivity contribution in [3.63, 3.8) is 0 Å². The number of thiophene rings is 1. The molecule has 0 fully saturated rings. The number of amides is 1. The number of nitrogens with one attached hydrogen (secondary N) is 1. The van der Waals surface area contributed by atoms with Gasteiger partial charge in [0.15, 0.2) is 0 Å². The molecule has 1 aromatic heterocycles. The molecule has 0 aliphatic heterocycles. The third-order valence-electron chi connectivity index (χ3n) is 4.83. The van der Waals surface area contributed by atoms with E-state index in [0.717, 1.165) is 28.5 Å². The van der Waals surface area contributed by atoms with Crippen molar-refractivity contribution in [3.05, 3.63) is 100 Å². The SMILES string of the molecule is O=C(O)c1ccc(CCc2ccccc2)cc1NC(=O)c1csc2ccccc12. The molecule has 144 valence electrons. The fraction of sp³-hybridized carbons (Fsp3) is 0.0833. The predicted octanol–water partition coefficient (Wildman–Crippen LogP) is 5.64. The quantitative estimate of drug-likeness (QED) is 0.440. The summed E-state index contributed by atoms with van der Waals surface area (Å²) in [5, 5.41) is 15.0. The van der Waals surface area contributed by atoms with Gasteiger partial charge < -0.3 is 10.4 Å². The van der Waals surface area contributed by atoms with Crippen LogP contribution in [0.4, 0.5) is 5.69 Å². The summed E-state index contributed by atoms with van der Waals surface area (Å²) in [5.41, 5.74) is 3.15. The number of carbonyl (C=O) groups is 2. The van der Waals surface area contributed by atoms with Gasteiger partial charge in [-0.3, -0.25) is 4.79 Å². The molecular formula is C24H19NO3S. The highest BCUT2D eigenvalue weighted by molar-refractivity contribution is 7.17. The van der Waals surface area contributed by atoms with E-state index in [9.17, 15) is 14.7 Å². The Hall–Kier alpha value is -3.44. The third-order valence-corrected chi connectivity index (χ3v) is 5.80. The van der Waals surface area contributed by atoms with Gasteiger partial charge in [0.1, 0.15) is 0 Å². The fourth-order valence-electron chi connectivity index (χ4n) is 3.31. The lowest BCUT2D eigenvalue weighted by atomic mass is 10.0. The summed E-state index contributed by atoms with van der Waals surface area (Å²) in [6.07, 6.45) is 1.60. The molecule has 4 nitrogen and oxygen atoms in total. The first-order valence-electron chi connectivity index (χ1n) is 9.29. The average molecular weight is 401 g/mol. The van der Waals surface area contributed by atoms with Gasteiger partial charge in [0.2, 0.25) is 0 Å². The average Bonchev–Trinajstić information content (AvgIpc) is 3.17. The lowest BCUT2D eigenvalue weighted by molar-refractivity contribution is 0.0698. The second kappa shape index (κ2) is 8.29. The Kier molecular flexibility index (Phi) is 5.40. The molecule has 0 aliphatic carbocycles. The maximum Gasteiger partial charge on any atom is 0.337 e. The van der Waals surface area contributed by atoms with Crippen molar-refractivity contribution in [2.24, 2.45) is 0 Å². The molecule has 4 aromatic rings. The van der Waals surface area contributed by atoms with Crippen molar-refractivity contribution in [1.29, 1.82) is 0 Å². The molecule has 0 saturated carbocycles. The number of aromatic carboxylic acids is 1. The smallest absolute Gasteiger partial charge is 0.337 e. The minimum absolute atomic E-state index is 0.0846. The number of anilines is 1. The Morgan fingerprint density at radius 2 is 1.55 bits per heavy atom. The largest absolute Gasteiger partial charge is 0.478 e. The first-order valence-corrected chi connectivity index (χ1v) is 10.2. The molecule has 3 aromatic carbocycles. The van der Waals surface area contributed by atoms with E-state index >= 15 is 0 Å². The first-order chi connectivity index (χ1) is 14.1. The topological polar surface area (TPSA) is 66.4 Å². The van der Waals surface area contributed by atoms with Crippen molar-refractivity contribution < 1.29 is 14.7 Å². The van der Waals surface area contributed by atoms with Gasteiger partial charge in [0.05, 0.1) is 16.8 Å². The van der Waals surface area contributed by atoms with E-state index in [1.165, 1.54) is 16.9 Å². The highest BCUT2D eigenvalue weighted by atomic mass is 32.1. The fourth-order valence-corrected chi connectivity index (χ4v) is 4.25. The van der Waals surface area contributed by atoms with Crippen LogP contribution >= 0.6 is 11.3 Å². The Labute approximate surface area is 172 Å². The van der Waals surface area contributed by atoms with E-state index in [4.69, 9.17) is 0 Å². The summed E-state index contributed by atoms with van der Waals surface area (Å²) in [4.78, 5) is 24.5.